The third-order valence-electron chi connectivity index (χ3n) is 3.69. The molecule has 0 saturated heterocycles. The Hall–Kier alpha value is -0.410. The molecule has 0 aliphatic heterocycles. The summed E-state index contributed by atoms with van der Waals surface area (Å²) in [6.07, 6.45) is 3.52. The SMILES string of the molecule is CC1CCC(O)C(Cc2cc(F)ccc2Br)C1. The second kappa shape index (κ2) is 5.49. The van der Waals surface area contributed by atoms with Gasteiger partial charge >= 0.3 is 0 Å². The van der Waals surface area contributed by atoms with E-state index in [2.05, 4.69) is 22.9 Å². The molecule has 1 nitrogen and oxygen atoms in total. The standard InChI is InChI=1S/C14H18BrFO/c1-9-2-5-14(17)11(6-9)7-10-8-12(16)3-4-13(10)15/h3-4,8-9,11,14,17H,2,5-7H2,1H3. The van der Waals surface area contributed by atoms with E-state index in [0.29, 0.717) is 5.92 Å². The molecule has 3 heteroatoms. The summed E-state index contributed by atoms with van der Waals surface area (Å²) in [5.74, 6) is 0.717. The van der Waals surface area contributed by atoms with Gasteiger partial charge in [-0.05, 0) is 61.3 Å². The predicted molar refractivity (Wildman–Crippen MR) is 70.3 cm³/mol. The minimum absolute atomic E-state index is 0.207. The summed E-state index contributed by atoms with van der Waals surface area (Å²) in [5.41, 5.74) is 0.961. The van der Waals surface area contributed by atoms with Crippen LogP contribution < -0.4 is 0 Å². The Bertz CT molecular complexity index is 394. The van der Waals surface area contributed by atoms with E-state index >= 15 is 0 Å². The number of benzene rings is 1. The van der Waals surface area contributed by atoms with Crippen LogP contribution in [0.4, 0.5) is 4.39 Å². The van der Waals surface area contributed by atoms with Crippen LogP contribution in [0.25, 0.3) is 0 Å². The van der Waals surface area contributed by atoms with Gasteiger partial charge < -0.3 is 5.11 Å². The van der Waals surface area contributed by atoms with Crippen molar-refractivity contribution >= 4 is 15.9 Å². The lowest BCUT2D eigenvalue weighted by molar-refractivity contribution is 0.0518. The molecule has 1 aliphatic carbocycles. The van der Waals surface area contributed by atoms with E-state index in [0.717, 1.165) is 35.7 Å². The molecule has 0 heterocycles. The largest absolute Gasteiger partial charge is 0.393 e. The lowest BCUT2D eigenvalue weighted by atomic mass is 9.77. The molecule has 1 N–H and O–H groups in total. The number of aliphatic hydroxyl groups is 1. The Kier molecular flexibility index (Phi) is 4.21. The maximum atomic E-state index is 13.2. The van der Waals surface area contributed by atoms with Crippen molar-refractivity contribution in [2.45, 2.75) is 38.7 Å². The van der Waals surface area contributed by atoms with Gasteiger partial charge in [0.1, 0.15) is 5.82 Å². The maximum Gasteiger partial charge on any atom is 0.123 e. The van der Waals surface area contributed by atoms with Crippen LogP contribution in [0.5, 0.6) is 0 Å². The van der Waals surface area contributed by atoms with Gasteiger partial charge in [0.25, 0.3) is 0 Å². The number of hydrogen-bond donors (Lipinski definition) is 1. The zero-order valence-corrected chi connectivity index (χ0v) is 11.6. The van der Waals surface area contributed by atoms with Gasteiger partial charge in [0.2, 0.25) is 0 Å². The summed E-state index contributed by atoms with van der Waals surface area (Å²) < 4.78 is 14.1. The van der Waals surface area contributed by atoms with Crippen molar-refractivity contribution < 1.29 is 9.50 Å². The summed E-state index contributed by atoms with van der Waals surface area (Å²) in [6.45, 7) is 2.22. The summed E-state index contributed by atoms with van der Waals surface area (Å²) in [6, 6.07) is 4.76. The molecule has 1 saturated carbocycles. The maximum absolute atomic E-state index is 13.2. The van der Waals surface area contributed by atoms with Crippen LogP contribution in [0.3, 0.4) is 0 Å². The van der Waals surface area contributed by atoms with Crippen LogP contribution in [-0.2, 0) is 6.42 Å². The second-order valence-electron chi connectivity index (χ2n) is 5.19. The number of rotatable bonds is 2. The van der Waals surface area contributed by atoms with Crippen molar-refractivity contribution in [2.24, 2.45) is 11.8 Å². The van der Waals surface area contributed by atoms with E-state index in [-0.39, 0.29) is 17.8 Å². The molecule has 0 bridgehead atoms. The minimum Gasteiger partial charge on any atom is -0.393 e. The van der Waals surface area contributed by atoms with Crippen LogP contribution in [0, 0.1) is 17.7 Å². The first-order valence-electron chi connectivity index (χ1n) is 6.18. The second-order valence-corrected chi connectivity index (χ2v) is 6.04. The first-order chi connectivity index (χ1) is 8.06. The van der Waals surface area contributed by atoms with Gasteiger partial charge in [0, 0.05) is 4.47 Å². The van der Waals surface area contributed by atoms with Gasteiger partial charge in [-0.25, -0.2) is 4.39 Å². The van der Waals surface area contributed by atoms with Gasteiger partial charge in [-0.2, -0.15) is 0 Å². The Morgan fingerprint density at radius 1 is 1.41 bits per heavy atom. The highest BCUT2D eigenvalue weighted by atomic mass is 79.9. The highest BCUT2D eigenvalue weighted by Crippen LogP contribution is 2.33. The van der Waals surface area contributed by atoms with Gasteiger partial charge in [-0.3, -0.25) is 0 Å². The fraction of sp³-hybridized carbons (Fsp3) is 0.571. The van der Waals surface area contributed by atoms with Crippen molar-refractivity contribution in [3.63, 3.8) is 0 Å². The van der Waals surface area contributed by atoms with Crippen molar-refractivity contribution in [3.8, 4) is 0 Å². The molecule has 94 valence electrons. The van der Waals surface area contributed by atoms with Crippen molar-refractivity contribution in [1.82, 2.24) is 0 Å². The molecule has 0 amide bonds. The Balaban J connectivity index is 2.11. The Morgan fingerprint density at radius 2 is 2.18 bits per heavy atom. The summed E-state index contributed by atoms with van der Waals surface area (Å²) >= 11 is 3.44. The van der Waals surface area contributed by atoms with Crippen LogP contribution in [0.2, 0.25) is 0 Å². The molecule has 1 aliphatic rings. The number of hydrogen-bond acceptors (Lipinski definition) is 1. The van der Waals surface area contributed by atoms with Crippen molar-refractivity contribution in [3.05, 3.63) is 34.1 Å². The molecule has 1 aromatic rings. The zero-order chi connectivity index (χ0) is 12.4. The number of aliphatic hydroxyl groups excluding tert-OH is 1. The average Bonchev–Trinajstić information content (AvgIpc) is 2.28. The van der Waals surface area contributed by atoms with Crippen LogP contribution in [0.1, 0.15) is 31.7 Å². The smallest absolute Gasteiger partial charge is 0.123 e. The van der Waals surface area contributed by atoms with E-state index in [4.69, 9.17) is 0 Å². The van der Waals surface area contributed by atoms with E-state index in [9.17, 15) is 9.50 Å². The minimum atomic E-state index is -0.235. The topological polar surface area (TPSA) is 20.2 Å². The van der Waals surface area contributed by atoms with Crippen LogP contribution in [-0.4, -0.2) is 11.2 Å². The van der Waals surface area contributed by atoms with Crippen LogP contribution in [0.15, 0.2) is 22.7 Å². The molecule has 3 unspecified atom stereocenters. The van der Waals surface area contributed by atoms with Crippen molar-refractivity contribution in [1.29, 1.82) is 0 Å². The molecule has 0 radical (unpaired) electrons. The quantitative estimate of drug-likeness (QED) is 0.877. The summed E-state index contributed by atoms with van der Waals surface area (Å²) in [4.78, 5) is 0. The van der Waals surface area contributed by atoms with E-state index in [1.807, 2.05) is 0 Å². The zero-order valence-electron chi connectivity index (χ0n) is 10.00. The van der Waals surface area contributed by atoms with E-state index in [1.54, 1.807) is 12.1 Å². The lowest BCUT2D eigenvalue weighted by Crippen LogP contribution is -2.29. The molecule has 1 fully saturated rings. The first-order valence-corrected chi connectivity index (χ1v) is 6.97. The van der Waals surface area contributed by atoms with Crippen molar-refractivity contribution in [2.75, 3.05) is 0 Å². The molecular weight excluding hydrogens is 283 g/mol. The highest BCUT2D eigenvalue weighted by molar-refractivity contribution is 9.10. The molecule has 3 atom stereocenters. The van der Waals surface area contributed by atoms with Crippen LogP contribution >= 0.6 is 15.9 Å². The molecule has 0 aromatic heterocycles. The fourth-order valence-electron chi connectivity index (χ4n) is 2.68. The van der Waals surface area contributed by atoms with Gasteiger partial charge in [0.05, 0.1) is 6.10 Å². The third-order valence-corrected chi connectivity index (χ3v) is 4.47. The molecular formula is C14H18BrFO. The highest BCUT2D eigenvalue weighted by Gasteiger charge is 2.27. The fourth-order valence-corrected chi connectivity index (χ4v) is 3.09. The first kappa shape index (κ1) is 13.0. The molecule has 0 spiro atoms. The summed E-state index contributed by atoms with van der Waals surface area (Å²) in [5, 5.41) is 10.00. The lowest BCUT2D eigenvalue weighted by Gasteiger charge is -2.31. The predicted octanol–water partition coefficient (Wildman–Crippen LogP) is 3.93. The average molecular weight is 301 g/mol. The Morgan fingerprint density at radius 3 is 2.94 bits per heavy atom. The number of halogens is 2. The molecule has 1 aromatic carbocycles. The van der Waals surface area contributed by atoms with E-state index in [1.165, 1.54) is 6.07 Å². The van der Waals surface area contributed by atoms with E-state index < -0.39 is 0 Å². The monoisotopic (exact) mass is 300 g/mol. The molecule has 2 rings (SSSR count). The normalized spacial score (nSPS) is 29.3. The van der Waals surface area contributed by atoms with Gasteiger partial charge in [-0.15, -0.1) is 0 Å². The van der Waals surface area contributed by atoms with Gasteiger partial charge in [-0.1, -0.05) is 22.9 Å². The third kappa shape index (κ3) is 3.29. The molecule has 17 heavy (non-hydrogen) atoms. The Labute approximate surface area is 110 Å². The summed E-state index contributed by atoms with van der Waals surface area (Å²) in [7, 11) is 0. The van der Waals surface area contributed by atoms with Gasteiger partial charge in [0.15, 0.2) is 0 Å².